The van der Waals surface area contributed by atoms with E-state index in [-0.39, 0.29) is 5.91 Å². The number of hydrogen-bond donors (Lipinski definition) is 1. The van der Waals surface area contributed by atoms with E-state index in [2.05, 4.69) is 15.2 Å². The molecule has 2 aliphatic heterocycles. The summed E-state index contributed by atoms with van der Waals surface area (Å²) < 4.78 is 0. The van der Waals surface area contributed by atoms with Crippen molar-refractivity contribution in [3.8, 4) is 0 Å². The lowest BCUT2D eigenvalue weighted by Crippen LogP contribution is -2.46. The Balaban J connectivity index is 1.58. The summed E-state index contributed by atoms with van der Waals surface area (Å²) in [4.78, 5) is 21.3. The van der Waals surface area contributed by atoms with Gasteiger partial charge >= 0.3 is 0 Å². The van der Waals surface area contributed by atoms with Crippen molar-refractivity contribution >= 4 is 17.2 Å². The van der Waals surface area contributed by atoms with E-state index in [0.717, 1.165) is 37.7 Å². The smallest absolute Gasteiger partial charge is 0.273 e. The van der Waals surface area contributed by atoms with E-state index in [1.165, 1.54) is 38.8 Å². The zero-order valence-corrected chi connectivity index (χ0v) is 13.3. The van der Waals surface area contributed by atoms with Gasteiger partial charge < -0.3 is 10.2 Å². The van der Waals surface area contributed by atoms with Crippen LogP contribution in [0.25, 0.3) is 0 Å². The SMILES string of the molecule is O=C(c1csc(CN2CCCCCC2)n1)N1CCNCC1. The van der Waals surface area contributed by atoms with Crippen LogP contribution in [0.2, 0.25) is 0 Å². The molecular formula is C15H24N4OS. The summed E-state index contributed by atoms with van der Waals surface area (Å²) in [6.45, 7) is 6.59. The number of amides is 1. The van der Waals surface area contributed by atoms with Crippen molar-refractivity contribution in [3.63, 3.8) is 0 Å². The van der Waals surface area contributed by atoms with E-state index in [1.54, 1.807) is 11.3 Å². The maximum atomic E-state index is 12.4. The van der Waals surface area contributed by atoms with Gasteiger partial charge in [0.25, 0.3) is 5.91 Å². The molecule has 0 aromatic carbocycles. The maximum Gasteiger partial charge on any atom is 0.273 e. The standard InChI is InChI=1S/C15H24N4OS/c20-15(19-9-5-16-6-10-19)13-12-21-14(17-13)11-18-7-3-1-2-4-8-18/h12,16H,1-11H2. The number of aromatic nitrogens is 1. The van der Waals surface area contributed by atoms with Crippen molar-refractivity contribution in [2.45, 2.75) is 32.2 Å². The van der Waals surface area contributed by atoms with Crippen LogP contribution in [0.4, 0.5) is 0 Å². The lowest BCUT2D eigenvalue weighted by molar-refractivity contribution is 0.0730. The third-order valence-electron chi connectivity index (χ3n) is 4.23. The number of carbonyl (C=O) groups is 1. The maximum absolute atomic E-state index is 12.4. The predicted molar refractivity (Wildman–Crippen MR) is 84.6 cm³/mol. The number of nitrogens with one attached hydrogen (secondary N) is 1. The van der Waals surface area contributed by atoms with Gasteiger partial charge in [0.05, 0.1) is 6.54 Å². The van der Waals surface area contributed by atoms with Crippen molar-refractivity contribution < 1.29 is 4.79 Å². The number of likely N-dealkylation sites (tertiary alicyclic amines) is 1. The van der Waals surface area contributed by atoms with E-state index >= 15 is 0 Å². The molecule has 0 atom stereocenters. The molecule has 0 spiro atoms. The zero-order valence-electron chi connectivity index (χ0n) is 12.5. The molecule has 1 N–H and O–H groups in total. The van der Waals surface area contributed by atoms with Gasteiger partial charge in [-0.25, -0.2) is 4.98 Å². The van der Waals surface area contributed by atoms with E-state index in [4.69, 9.17) is 0 Å². The summed E-state index contributed by atoms with van der Waals surface area (Å²) in [5.74, 6) is 0.0925. The topological polar surface area (TPSA) is 48.5 Å². The van der Waals surface area contributed by atoms with Crippen LogP contribution >= 0.6 is 11.3 Å². The first-order valence-electron chi connectivity index (χ1n) is 8.00. The Morgan fingerprint density at radius 1 is 1.14 bits per heavy atom. The Bertz CT molecular complexity index is 462. The molecule has 1 amide bonds. The average molecular weight is 308 g/mol. The Morgan fingerprint density at radius 3 is 2.57 bits per heavy atom. The van der Waals surface area contributed by atoms with Crippen LogP contribution in [0.3, 0.4) is 0 Å². The molecule has 1 aromatic rings. The van der Waals surface area contributed by atoms with Crippen LogP contribution in [0.5, 0.6) is 0 Å². The van der Waals surface area contributed by atoms with Crippen molar-refractivity contribution in [1.29, 1.82) is 0 Å². The lowest BCUT2D eigenvalue weighted by atomic mass is 10.2. The van der Waals surface area contributed by atoms with Crippen molar-refractivity contribution in [2.24, 2.45) is 0 Å². The van der Waals surface area contributed by atoms with E-state index < -0.39 is 0 Å². The first-order valence-corrected chi connectivity index (χ1v) is 8.87. The molecule has 0 unspecified atom stereocenters. The highest BCUT2D eigenvalue weighted by Gasteiger charge is 2.21. The molecule has 2 aliphatic rings. The van der Waals surface area contributed by atoms with E-state index in [0.29, 0.717) is 5.69 Å². The normalized spacial score (nSPS) is 21.2. The number of nitrogens with zero attached hydrogens (tertiary/aromatic N) is 3. The highest BCUT2D eigenvalue weighted by atomic mass is 32.1. The van der Waals surface area contributed by atoms with E-state index in [1.807, 2.05) is 10.3 Å². The van der Waals surface area contributed by atoms with Gasteiger partial charge in [-0.3, -0.25) is 9.69 Å². The fourth-order valence-corrected chi connectivity index (χ4v) is 3.81. The van der Waals surface area contributed by atoms with Gasteiger partial charge in [0.2, 0.25) is 0 Å². The highest BCUT2D eigenvalue weighted by Crippen LogP contribution is 2.17. The van der Waals surface area contributed by atoms with Gasteiger partial charge in [-0.2, -0.15) is 0 Å². The molecule has 1 aromatic heterocycles. The average Bonchev–Trinajstić information content (AvgIpc) is 2.83. The monoisotopic (exact) mass is 308 g/mol. The van der Waals surface area contributed by atoms with Gasteiger partial charge in [0.15, 0.2) is 0 Å². The molecule has 0 saturated carbocycles. The number of piperazine rings is 1. The summed E-state index contributed by atoms with van der Waals surface area (Å²) in [7, 11) is 0. The molecule has 3 rings (SSSR count). The molecular weight excluding hydrogens is 284 g/mol. The molecule has 2 saturated heterocycles. The molecule has 2 fully saturated rings. The second kappa shape index (κ2) is 7.33. The minimum Gasteiger partial charge on any atom is -0.335 e. The fourth-order valence-electron chi connectivity index (χ4n) is 3.00. The Kier molecular flexibility index (Phi) is 5.22. The zero-order chi connectivity index (χ0) is 14.5. The molecule has 3 heterocycles. The van der Waals surface area contributed by atoms with Crippen LogP contribution in [0.15, 0.2) is 5.38 Å². The van der Waals surface area contributed by atoms with Gasteiger partial charge in [0.1, 0.15) is 10.7 Å². The summed E-state index contributed by atoms with van der Waals surface area (Å²) in [5.41, 5.74) is 0.631. The fraction of sp³-hybridized carbons (Fsp3) is 0.733. The summed E-state index contributed by atoms with van der Waals surface area (Å²) >= 11 is 1.63. The second-order valence-electron chi connectivity index (χ2n) is 5.86. The van der Waals surface area contributed by atoms with Gasteiger partial charge in [-0.15, -0.1) is 11.3 Å². The Morgan fingerprint density at radius 2 is 1.86 bits per heavy atom. The quantitative estimate of drug-likeness (QED) is 0.921. The van der Waals surface area contributed by atoms with Crippen molar-refractivity contribution in [1.82, 2.24) is 20.1 Å². The lowest BCUT2D eigenvalue weighted by Gasteiger charge is -2.26. The molecule has 0 aliphatic carbocycles. The third kappa shape index (κ3) is 4.02. The van der Waals surface area contributed by atoms with Crippen LogP contribution in [-0.2, 0) is 6.54 Å². The summed E-state index contributed by atoms with van der Waals surface area (Å²) in [5, 5.41) is 6.28. The van der Waals surface area contributed by atoms with E-state index in [9.17, 15) is 4.79 Å². The number of rotatable bonds is 3. The van der Waals surface area contributed by atoms with Crippen LogP contribution in [0.1, 0.15) is 41.2 Å². The first kappa shape index (κ1) is 14.9. The first-order chi connectivity index (χ1) is 10.3. The number of thiazole rings is 1. The van der Waals surface area contributed by atoms with Gasteiger partial charge in [0, 0.05) is 31.6 Å². The van der Waals surface area contributed by atoms with Gasteiger partial charge in [-0.05, 0) is 25.9 Å². The summed E-state index contributed by atoms with van der Waals surface area (Å²) in [6.07, 6.45) is 5.28. The third-order valence-corrected chi connectivity index (χ3v) is 5.07. The molecule has 21 heavy (non-hydrogen) atoms. The van der Waals surface area contributed by atoms with Crippen molar-refractivity contribution in [3.05, 3.63) is 16.1 Å². The molecule has 6 heteroatoms. The number of carbonyl (C=O) groups excluding carboxylic acids is 1. The van der Waals surface area contributed by atoms with Crippen LogP contribution < -0.4 is 5.32 Å². The molecule has 0 bridgehead atoms. The van der Waals surface area contributed by atoms with Crippen LogP contribution in [-0.4, -0.2) is 60.0 Å². The number of hydrogen-bond acceptors (Lipinski definition) is 5. The largest absolute Gasteiger partial charge is 0.335 e. The Hall–Kier alpha value is -0.980. The molecule has 0 radical (unpaired) electrons. The highest BCUT2D eigenvalue weighted by molar-refractivity contribution is 7.09. The van der Waals surface area contributed by atoms with Crippen molar-refractivity contribution in [2.75, 3.05) is 39.3 Å². The van der Waals surface area contributed by atoms with Gasteiger partial charge in [-0.1, -0.05) is 12.8 Å². The molecule has 116 valence electrons. The van der Waals surface area contributed by atoms with Crippen LogP contribution in [0, 0.1) is 0 Å². The minimum atomic E-state index is 0.0925. The second-order valence-corrected chi connectivity index (χ2v) is 6.80. The minimum absolute atomic E-state index is 0.0925. The Labute approximate surface area is 130 Å². The predicted octanol–water partition coefficient (Wildman–Crippen LogP) is 1.56. The summed E-state index contributed by atoms with van der Waals surface area (Å²) in [6, 6.07) is 0. The molecule has 5 nitrogen and oxygen atoms in total.